The van der Waals surface area contributed by atoms with Crippen molar-refractivity contribution in [2.24, 2.45) is 0 Å². The Morgan fingerprint density at radius 1 is 1.09 bits per heavy atom. The van der Waals surface area contributed by atoms with Crippen molar-refractivity contribution in [2.45, 2.75) is 0 Å². The Labute approximate surface area is 77.9 Å². The number of nitrogens with zero attached hydrogens (tertiary/aromatic N) is 4. The molecule has 64 valence electrons. The molecule has 0 amide bonds. The molecule has 1 rings (SSSR count). The lowest BCUT2D eigenvalue weighted by Gasteiger charge is -2.06. The maximum Gasteiger partial charge on any atom is 0.227 e. The van der Waals surface area contributed by atoms with E-state index in [2.05, 4.69) is 15.0 Å². The molecule has 0 saturated heterocycles. The maximum absolute atomic E-state index is 3.88. The minimum absolute atomic E-state index is 0. The van der Waals surface area contributed by atoms with Crippen molar-refractivity contribution >= 4 is 30.8 Å². The molecule has 0 bridgehead atoms. The molecule has 0 atom stereocenters. The molecular formula is C5H10Cl2N4. The Morgan fingerprint density at radius 3 is 1.82 bits per heavy atom. The number of hydrogen-bond acceptors (Lipinski definition) is 4. The van der Waals surface area contributed by atoms with Crippen molar-refractivity contribution in [1.82, 2.24) is 15.0 Å². The van der Waals surface area contributed by atoms with Gasteiger partial charge in [-0.25, -0.2) is 15.0 Å². The van der Waals surface area contributed by atoms with Crippen molar-refractivity contribution in [1.29, 1.82) is 0 Å². The first-order valence-electron chi connectivity index (χ1n) is 2.60. The second-order valence-electron chi connectivity index (χ2n) is 1.83. The lowest BCUT2D eigenvalue weighted by Crippen LogP contribution is -2.12. The first-order valence-corrected chi connectivity index (χ1v) is 2.60. The molecule has 6 heteroatoms. The van der Waals surface area contributed by atoms with E-state index in [1.165, 1.54) is 12.7 Å². The first-order chi connectivity index (χ1) is 4.30. The normalized spacial score (nSPS) is 7.45. The molecule has 0 unspecified atom stereocenters. The fraction of sp³-hybridized carbons (Fsp3) is 0.400. The zero-order valence-corrected chi connectivity index (χ0v) is 7.89. The second-order valence-corrected chi connectivity index (χ2v) is 1.83. The minimum atomic E-state index is 0. The van der Waals surface area contributed by atoms with Crippen LogP contribution in [-0.4, -0.2) is 29.0 Å². The van der Waals surface area contributed by atoms with Gasteiger partial charge in [-0.3, -0.25) is 0 Å². The second kappa shape index (κ2) is 6.12. The van der Waals surface area contributed by atoms with Crippen molar-refractivity contribution < 1.29 is 0 Å². The van der Waals surface area contributed by atoms with Crippen molar-refractivity contribution in [3.05, 3.63) is 12.7 Å². The van der Waals surface area contributed by atoms with Crippen LogP contribution in [0.25, 0.3) is 0 Å². The summed E-state index contributed by atoms with van der Waals surface area (Å²) in [5.41, 5.74) is 0. The zero-order chi connectivity index (χ0) is 6.69. The van der Waals surface area contributed by atoms with E-state index in [0.29, 0.717) is 5.95 Å². The van der Waals surface area contributed by atoms with E-state index in [-0.39, 0.29) is 24.8 Å². The molecule has 0 radical (unpaired) electrons. The zero-order valence-electron chi connectivity index (χ0n) is 6.26. The SMILES string of the molecule is CN(C)c1ncncn1.Cl.Cl. The lowest BCUT2D eigenvalue weighted by molar-refractivity contribution is 0.955. The summed E-state index contributed by atoms with van der Waals surface area (Å²) in [7, 11) is 3.77. The van der Waals surface area contributed by atoms with E-state index in [0.717, 1.165) is 0 Å². The molecule has 0 aliphatic rings. The highest BCUT2D eigenvalue weighted by Crippen LogP contribution is 1.94. The van der Waals surface area contributed by atoms with Gasteiger partial charge in [-0.1, -0.05) is 0 Å². The smallest absolute Gasteiger partial charge is 0.227 e. The molecule has 1 aromatic heterocycles. The summed E-state index contributed by atoms with van der Waals surface area (Å²) in [6.07, 6.45) is 2.95. The molecule has 4 nitrogen and oxygen atoms in total. The summed E-state index contributed by atoms with van der Waals surface area (Å²) in [5, 5.41) is 0. The van der Waals surface area contributed by atoms with E-state index in [1.54, 1.807) is 0 Å². The van der Waals surface area contributed by atoms with Gasteiger partial charge in [0.25, 0.3) is 0 Å². The summed E-state index contributed by atoms with van der Waals surface area (Å²) in [5.74, 6) is 0.685. The van der Waals surface area contributed by atoms with Gasteiger partial charge in [0.2, 0.25) is 5.95 Å². The Balaban J connectivity index is 0. The van der Waals surface area contributed by atoms with Crippen molar-refractivity contribution in [2.75, 3.05) is 19.0 Å². The average molecular weight is 197 g/mol. The van der Waals surface area contributed by atoms with Gasteiger partial charge in [0, 0.05) is 14.1 Å². The number of halogens is 2. The lowest BCUT2D eigenvalue weighted by atomic mass is 10.8. The summed E-state index contributed by atoms with van der Waals surface area (Å²) >= 11 is 0. The molecule has 1 aromatic rings. The summed E-state index contributed by atoms with van der Waals surface area (Å²) in [4.78, 5) is 13.3. The molecule has 0 aliphatic heterocycles. The minimum Gasteiger partial charge on any atom is -0.347 e. The highest BCUT2D eigenvalue weighted by Gasteiger charge is 1.92. The summed E-state index contributed by atoms with van der Waals surface area (Å²) < 4.78 is 0. The quantitative estimate of drug-likeness (QED) is 0.667. The molecule has 0 aromatic carbocycles. The molecule has 0 spiro atoms. The van der Waals surface area contributed by atoms with Crippen LogP contribution in [0.1, 0.15) is 0 Å². The molecule has 11 heavy (non-hydrogen) atoms. The van der Waals surface area contributed by atoms with Crippen LogP contribution in [0.5, 0.6) is 0 Å². The van der Waals surface area contributed by atoms with Gasteiger partial charge in [-0.05, 0) is 0 Å². The van der Waals surface area contributed by atoms with Crippen molar-refractivity contribution in [3.63, 3.8) is 0 Å². The average Bonchev–Trinajstić information content (AvgIpc) is 1.90. The van der Waals surface area contributed by atoms with Crippen LogP contribution in [0, 0.1) is 0 Å². The Kier molecular flexibility index (Phi) is 7.24. The van der Waals surface area contributed by atoms with Crippen LogP contribution in [0.4, 0.5) is 5.95 Å². The third-order valence-corrected chi connectivity index (χ3v) is 0.880. The van der Waals surface area contributed by atoms with Crippen LogP contribution in [-0.2, 0) is 0 Å². The molecular weight excluding hydrogens is 187 g/mol. The third kappa shape index (κ3) is 3.95. The third-order valence-electron chi connectivity index (χ3n) is 0.880. The van der Waals surface area contributed by atoms with Gasteiger partial charge < -0.3 is 4.90 Å². The van der Waals surface area contributed by atoms with E-state index >= 15 is 0 Å². The summed E-state index contributed by atoms with van der Waals surface area (Å²) in [6, 6.07) is 0. The molecule has 1 heterocycles. The number of aromatic nitrogens is 3. The van der Waals surface area contributed by atoms with Crippen molar-refractivity contribution in [3.8, 4) is 0 Å². The fourth-order valence-electron chi connectivity index (χ4n) is 0.464. The molecule has 0 fully saturated rings. The largest absolute Gasteiger partial charge is 0.347 e. The number of hydrogen-bond donors (Lipinski definition) is 0. The topological polar surface area (TPSA) is 41.9 Å². The van der Waals surface area contributed by atoms with Gasteiger partial charge in [0.1, 0.15) is 12.7 Å². The van der Waals surface area contributed by atoms with E-state index in [4.69, 9.17) is 0 Å². The van der Waals surface area contributed by atoms with Gasteiger partial charge in [0.15, 0.2) is 0 Å². The highest BCUT2D eigenvalue weighted by atomic mass is 35.5. The van der Waals surface area contributed by atoms with Crippen LogP contribution in [0.2, 0.25) is 0 Å². The van der Waals surface area contributed by atoms with Crippen LogP contribution < -0.4 is 4.90 Å². The van der Waals surface area contributed by atoms with E-state index in [1.807, 2.05) is 19.0 Å². The molecule has 0 aliphatic carbocycles. The predicted molar refractivity (Wildman–Crippen MR) is 48.7 cm³/mol. The maximum atomic E-state index is 3.88. The number of rotatable bonds is 1. The van der Waals surface area contributed by atoms with Crippen LogP contribution in [0.3, 0.4) is 0 Å². The number of anilines is 1. The standard InChI is InChI=1S/C5H8N4.2ClH/c1-9(2)5-7-3-6-4-8-5;;/h3-4H,1-2H3;2*1H. The fourth-order valence-corrected chi connectivity index (χ4v) is 0.464. The Bertz CT molecular complexity index is 179. The predicted octanol–water partition coefficient (Wildman–Crippen LogP) is 0.781. The highest BCUT2D eigenvalue weighted by molar-refractivity contribution is 5.85. The van der Waals surface area contributed by atoms with Gasteiger partial charge >= 0.3 is 0 Å². The first kappa shape index (κ1) is 13.0. The Hall–Kier alpha value is -0.610. The molecule has 0 N–H and O–H groups in total. The van der Waals surface area contributed by atoms with Gasteiger partial charge in [0.05, 0.1) is 0 Å². The monoisotopic (exact) mass is 196 g/mol. The van der Waals surface area contributed by atoms with Crippen LogP contribution >= 0.6 is 24.8 Å². The van der Waals surface area contributed by atoms with E-state index in [9.17, 15) is 0 Å². The van der Waals surface area contributed by atoms with E-state index < -0.39 is 0 Å². The van der Waals surface area contributed by atoms with Gasteiger partial charge in [-0.15, -0.1) is 24.8 Å². The van der Waals surface area contributed by atoms with Gasteiger partial charge in [-0.2, -0.15) is 0 Å². The molecule has 0 saturated carbocycles. The Morgan fingerprint density at radius 2 is 1.55 bits per heavy atom. The summed E-state index contributed by atoms with van der Waals surface area (Å²) in [6.45, 7) is 0. The van der Waals surface area contributed by atoms with Crippen LogP contribution in [0.15, 0.2) is 12.7 Å².